The Hall–Kier alpha value is 0.390. The van der Waals surface area contributed by atoms with E-state index in [9.17, 15) is 0 Å². The Kier molecular flexibility index (Phi) is 2.44. The van der Waals surface area contributed by atoms with E-state index in [1.54, 1.807) is 0 Å². The molecule has 0 saturated carbocycles. The highest BCUT2D eigenvalue weighted by Crippen LogP contribution is 2.31. The maximum Gasteiger partial charge on any atom is 0.0367 e. The van der Waals surface area contributed by atoms with E-state index < -0.39 is 0 Å². The van der Waals surface area contributed by atoms with Crippen LogP contribution in [0.1, 0.15) is 4.88 Å². The largest absolute Gasteiger partial charge is 0.141 e. The van der Waals surface area contributed by atoms with Crippen LogP contribution in [-0.2, 0) is 0 Å². The van der Waals surface area contributed by atoms with Crippen LogP contribution in [-0.4, -0.2) is 0 Å². The predicted octanol–water partition coefficient (Wildman–Crippen LogP) is 4.58. The van der Waals surface area contributed by atoms with Gasteiger partial charge in [-0.3, -0.25) is 0 Å². The van der Waals surface area contributed by atoms with Crippen LogP contribution in [0.3, 0.4) is 0 Å². The third-order valence-electron chi connectivity index (χ3n) is 1.67. The lowest BCUT2D eigenvalue weighted by molar-refractivity contribution is 1.64. The van der Waals surface area contributed by atoms with Gasteiger partial charge in [-0.05, 0) is 47.7 Å². The smallest absolute Gasteiger partial charge is 0.0367 e. The van der Waals surface area contributed by atoms with Gasteiger partial charge in [-0.2, -0.15) is 0 Å². The molecule has 0 nitrogen and oxygen atoms in total. The van der Waals surface area contributed by atoms with Gasteiger partial charge in [0.05, 0.1) is 0 Å². The van der Waals surface area contributed by atoms with Gasteiger partial charge in [0.2, 0.25) is 0 Å². The van der Waals surface area contributed by atoms with Crippen LogP contribution in [0.25, 0.3) is 10.1 Å². The van der Waals surface area contributed by atoms with Crippen molar-refractivity contribution in [1.29, 1.82) is 0 Å². The minimum Gasteiger partial charge on any atom is -0.141 e. The summed E-state index contributed by atoms with van der Waals surface area (Å²) >= 11 is 7.71. The molecule has 0 N–H and O–H groups in total. The minimum atomic E-state index is 1.17. The van der Waals surface area contributed by atoms with Crippen LogP contribution < -0.4 is 0 Å². The molecule has 3 heteroatoms. The summed E-state index contributed by atoms with van der Waals surface area (Å²) in [6.07, 6.45) is 0. The summed E-state index contributed by atoms with van der Waals surface area (Å²) in [5.41, 5.74) is 0. The molecule has 2 aromatic rings. The van der Waals surface area contributed by atoms with Crippen LogP contribution in [0, 0.1) is 10.5 Å². The zero-order valence-corrected chi connectivity index (χ0v) is 11.0. The van der Waals surface area contributed by atoms with Crippen LogP contribution >= 0.6 is 49.9 Å². The van der Waals surface area contributed by atoms with Gasteiger partial charge in [0, 0.05) is 23.0 Å². The SMILES string of the molecule is Cc1cc2c(I)cc(Br)cc2s1. The van der Waals surface area contributed by atoms with Gasteiger partial charge >= 0.3 is 0 Å². The molecule has 0 amide bonds. The van der Waals surface area contributed by atoms with Crippen molar-refractivity contribution in [3.63, 3.8) is 0 Å². The maximum atomic E-state index is 3.49. The predicted molar refractivity (Wildman–Crippen MR) is 67.0 cm³/mol. The highest BCUT2D eigenvalue weighted by Gasteiger charge is 2.03. The highest BCUT2D eigenvalue weighted by molar-refractivity contribution is 14.1. The van der Waals surface area contributed by atoms with Crippen molar-refractivity contribution in [3.8, 4) is 0 Å². The van der Waals surface area contributed by atoms with E-state index in [0.717, 1.165) is 0 Å². The van der Waals surface area contributed by atoms with E-state index in [0.29, 0.717) is 0 Å². The standard InChI is InChI=1S/C9H6BrIS/c1-5-2-7-8(11)3-6(10)4-9(7)12-5/h2-4H,1H3. The molecule has 0 saturated heterocycles. The molecule has 1 aromatic carbocycles. The van der Waals surface area contributed by atoms with Crippen molar-refractivity contribution in [1.82, 2.24) is 0 Å². The summed E-state index contributed by atoms with van der Waals surface area (Å²) in [4.78, 5) is 1.38. The first-order valence-corrected chi connectivity index (χ1v) is 6.21. The first-order chi connectivity index (χ1) is 5.66. The Balaban J connectivity index is 2.88. The monoisotopic (exact) mass is 352 g/mol. The second kappa shape index (κ2) is 3.27. The first kappa shape index (κ1) is 8.97. The van der Waals surface area contributed by atoms with Gasteiger partial charge in [-0.15, -0.1) is 11.3 Å². The van der Waals surface area contributed by atoms with Crippen molar-refractivity contribution < 1.29 is 0 Å². The van der Waals surface area contributed by atoms with Gasteiger partial charge in [0.1, 0.15) is 0 Å². The fourth-order valence-electron chi connectivity index (χ4n) is 1.19. The summed E-state index contributed by atoms with van der Waals surface area (Å²) in [6.45, 7) is 2.15. The van der Waals surface area contributed by atoms with E-state index in [1.165, 1.54) is 23.0 Å². The molecule has 12 heavy (non-hydrogen) atoms. The molecule has 0 fully saturated rings. The minimum absolute atomic E-state index is 1.17. The zero-order valence-electron chi connectivity index (χ0n) is 6.40. The number of hydrogen-bond acceptors (Lipinski definition) is 1. The summed E-state index contributed by atoms with van der Waals surface area (Å²) in [5.74, 6) is 0. The number of thiophene rings is 1. The number of hydrogen-bond donors (Lipinski definition) is 0. The van der Waals surface area contributed by atoms with Crippen LogP contribution in [0.5, 0.6) is 0 Å². The number of halogens is 2. The molecule has 1 aromatic heterocycles. The molecule has 0 bridgehead atoms. The van der Waals surface area contributed by atoms with Gasteiger partial charge in [-0.25, -0.2) is 0 Å². The van der Waals surface area contributed by atoms with Crippen molar-refractivity contribution in [2.45, 2.75) is 6.92 Å². The molecule has 0 aliphatic carbocycles. The summed E-state index contributed by atoms with van der Waals surface area (Å²) in [5, 5.41) is 1.38. The van der Waals surface area contributed by atoms with Gasteiger partial charge in [0.15, 0.2) is 0 Å². The molecule has 1 heterocycles. The summed E-state index contributed by atoms with van der Waals surface area (Å²) < 4.78 is 3.86. The number of benzene rings is 1. The van der Waals surface area contributed by atoms with E-state index in [1.807, 2.05) is 11.3 Å². The number of rotatable bonds is 0. The Morgan fingerprint density at radius 3 is 2.83 bits per heavy atom. The molecular formula is C9H6BrIS. The van der Waals surface area contributed by atoms with Gasteiger partial charge < -0.3 is 0 Å². The molecule has 2 rings (SSSR count). The molecule has 0 aliphatic rings. The zero-order chi connectivity index (χ0) is 8.72. The highest BCUT2D eigenvalue weighted by atomic mass is 127. The van der Waals surface area contributed by atoms with Crippen LogP contribution in [0.15, 0.2) is 22.7 Å². The lowest BCUT2D eigenvalue weighted by Crippen LogP contribution is -1.71. The van der Waals surface area contributed by atoms with Crippen LogP contribution in [0.4, 0.5) is 0 Å². The fraction of sp³-hybridized carbons (Fsp3) is 0.111. The average Bonchev–Trinajstić information content (AvgIpc) is 2.29. The fourth-order valence-corrected chi connectivity index (χ4v) is 4.18. The molecule has 0 spiro atoms. The van der Waals surface area contributed by atoms with Gasteiger partial charge in [-0.1, -0.05) is 15.9 Å². The lowest BCUT2D eigenvalue weighted by Gasteiger charge is -1.94. The molecule has 0 unspecified atom stereocenters. The van der Waals surface area contributed by atoms with E-state index >= 15 is 0 Å². The van der Waals surface area contributed by atoms with Crippen molar-refractivity contribution in [3.05, 3.63) is 31.1 Å². The molecule has 0 aliphatic heterocycles. The normalized spacial score (nSPS) is 10.9. The van der Waals surface area contributed by atoms with E-state index in [2.05, 4.69) is 63.6 Å². The Labute approximate surface area is 97.2 Å². The Morgan fingerprint density at radius 1 is 1.33 bits per heavy atom. The van der Waals surface area contributed by atoms with Gasteiger partial charge in [0.25, 0.3) is 0 Å². The number of fused-ring (bicyclic) bond motifs is 1. The average molecular weight is 353 g/mol. The third kappa shape index (κ3) is 1.54. The maximum absolute atomic E-state index is 3.49. The second-order valence-electron chi connectivity index (χ2n) is 2.66. The molecular weight excluding hydrogens is 347 g/mol. The van der Waals surface area contributed by atoms with Crippen molar-refractivity contribution >= 4 is 59.9 Å². The third-order valence-corrected chi connectivity index (χ3v) is 4.02. The van der Waals surface area contributed by atoms with E-state index in [-0.39, 0.29) is 0 Å². The molecule has 0 atom stereocenters. The lowest BCUT2D eigenvalue weighted by atomic mass is 10.2. The summed E-state index contributed by atoms with van der Waals surface area (Å²) in [6, 6.07) is 6.57. The second-order valence-corrected chi connectivity index (χ2v) is 6.02. The molecule has 0 radical (unpaired) electrons. The quantitative estimate of drug-likeness (QED) is 0.609. The topological polar surface area (TPSA) is 0 Å². The van der Waals surface area contributed by atoms with Crippen molar-refractivity contribution in [2.75, 3.05) is 0 Å². The van der Waals surface area contributed by atoms with Crippen molar-refractivity contribution in [2.24, 2.45) is 0 Å². The van der Waals surface area contributed by atoms with E-state index in [4.69, 9.17) is 0 Å². The van der Waals surface area contributed by atoms with Crippen LogP contribution in [0.2, 0.25) is 0 Å². The number of aryl methyl sites for hydroxylation is 1. The Morgan fingerprint density at radius 2 is 2.08 bits per heavy atom. The first-order valence-electron chi connectivity index (χ1n) is 3.52. The molecule has 62 valence electrons. The Bertz CT molecular complexity index is 433. The summed E-state index contributed by atoms with van der Waals surface area (Å²) in [7, 11) is 0.